The summed E-state index contributed by atoms with van der Waals surface area (Å²) in [7, 11) is 1.92. The Labute approximate surface area is 112 Å². The van der Waals surface area contributed by atoms with Crippen LogP contribution in [0.5, 0.6) is 0 Å². The number of rotatable bonds is 4. The summed E-state index contributed by atoms with van der Waals surface area (Å²) < 4.78 is 2.90. The van der Waals surface area contributed by atoms with Gasteiger partial charge in [0.25, 0.3) is 0 Å². The molecule has 0 saturated carbocycles. The van der Waals surface area contributed by atoms with Gasteiger partial charge in [0, 0.05) is 29.7 Å². The molecule has 5 nitrogen and oxygen atoms in total. The van der Waals surface area contributed by atoms with E-state index in [9.17, 15) is 0 Å². The first kappa shape index (κ1) is 12.5. The Kier molecular flexibility index (Phi) is 4.14. The van der Waals surface area contributed by atoms with E-state index in [1.54, 1.807) is 18.0 Å². The Bertz CT molecular complexity index is 513. The van der Waals surface area contributed by atoms with Gasteiger partial charge in [0.1, 0.15) is 5.82 Å². The van der Waals surface area contributed by atoms with Crippen molar-refractivity contribution in [1.29, 1.82) is 0 Å². The smallest absolute Gasteiger partial charge is 0.191 e. The second-order valence-electron chi connectivity index (χ2n) is 3.46. The van der Waals surface area contributed by atoms with Crippen molar-refractivity contribution in [2.75, 3.05) is 0 Å². The number of hydrogen-bond acceptors (Lipinski definition) is 5. The minimum absolute atomic E-state index is 0.405. The van der Waals surface area contributed by atoms with Crippen LogP contribution < -0.4 is 5.73 Å². The van der Waals surface area contributed by atoms with E-state index < -0.39 is 0 Å². The van der Waals surface area contributed by atoms with Crippen LogP contribution in [0.2, 0.25) is 0 Å². The van der Waals surface area contributed by atoms with Crippen molar-refractivity contribution in [1.82, 2.24) is 19.7 Å². The summed E-state index contributed by atoms with van der Waals surface area (Å²) in [5.74, 6) is 1.60. The molecule has 7 heteroatoms. The third-order valence-corrected chi connectivity index (χ3v) is 3.76. The summed E-state index contributed by atoms with van der Waals surface area (Å²) >= 11 is 5.01. The number of pyridine rings is 1. The molecule has 0 fully saturated rings. The highest BCUT2D eigenvalue weighted by atomic mass is 79.9. The average molecular weight is 314 g/mol. The van der Waals surface area contributed by atoms with E-state index in [-0.39, 0.29) is 0 Å². The number of halogens is 1. The van der Waals surface area contributed by atoms with Gasteiger partial charge in [-0.15, -0.1) is 10.2 Å². The molecule has 0 amide bonds. The van der Waals surface area contributed by atoms with E-state index in [2.05, 4.69) is 31.1 Å². The third kappa shape index (κ3) is 3.05. The molecule has 0 radical (unpaired) electrons. The Morgan fingerprint density at radius 3 is 2.88 bits per heavy atom. The minimum atomic E-state index is 0.405. The van der Waals surface area contributed by atoms with Gasteiger partial charge in [-0.3, -0.25) is 4.98 Å². The second-order valence-corrected chi connectivity index (χ2v) is 5.32. The van der Waals surface area contributed by atoms with Crippen molar-refractivity contribution in [2.45, 2.75) is 17.5 Å². The van der Waals surface area contributed by atoms with Crippen molar-refractivity contribution in [3.8, 4) is 0 Å². The van der Waals surface area contributed by atoms with E-state index in [1.165, 1.54) is 0 Å². The highest BCUT2D eigenvalue weighted by Crippen LogP contribution is 2.21. The lowest BCUT2D eigenvalue weighted by molar-refractivity contribution is 0.734. The Balaban J connectivity index is 2.05. The standard InChI is InChI=1S/C10H12BrN5S/c1-16-9(3-12)14-15-10(16)17-6-7-2-8(11)5-13-4-7/h2,4-5H,3,6,12H2,1H3. The maximum atomic E-state index is 5.54. The molecule has 2 rings (SSSR count). The van der Waals surface area contributed by atoms with Crippen molar-refractivity contribution >= 4 is 27.7 Å². The molecule has 0 aliphatic carbocycles. The van der Waals surface area contributed by atoms with Crippen LogP contribution in [0, 0.1) is 0 Å². The highest BCUT2D eigenvalue weighted by molar-refractivity contribution is 9.10. The van der Waals surface area contributed by atoms with Gasteiger partial charge in [-0.2, -0.15) is 0 Å². The molecule has 0 saturated heterocycles. The quantitative estimate of drug-likeness (QED) is 0.870. The van der Waals surface area contributed by atoms with Gasteiger partial charge < -0.3 is 10.3 Å². The van der Waals surface area contributed by atoms with Crippen LogP contribution in [0.4, 0.5) is 0 Å². The van der Waals surface area contributed by atoms with Crippen LogP contribution in [0.15, 0.2) is 28.1 Å². The summed E-state index contributed by atoms with van der Waals surface area (Å²) in [6.45, 7) is 0.405. The first-order valence-corrected chi connectivity index (χ1v) is 6.79. The predicted molar refractivity (Wildman–Crippen MR) is 70.4 cm³/mol. The molecular formula is C10H12BrN5S. The lowest BCUT2D eigenvalue weighted by Crippen LogP contribution is -2.05. The first-order valence-electron chi connectivity index (χ1n) is 5.01. The molecule has 0 atom stereocenters. The van der Waals surface area contributed by atoms with Crippen LogP contribution in [0.3, 0.4) is 0 Å². The van der Waals surface area contributed by atoms with Gasteiger partial charge in [-0.1, -0.05) is 11.8 Å². The number of thioether (sulfide) groups is 1. The van der Waals surface area contributed by atoms with Crippen LogP contribution in [0.1, 0.15) is 11.4 Å². The first-order chi connectivity index (χ1) is 8.20. The normalized spacial score (nSPS) is 10.8. The van der Waals surface area contributed by atoms with Crippen LogP contribution in [-0.4, -0.2) is 19.7 Å². The molecule has 0 aliphatic rings. The zero-order chi connectivity index (χ0) is 12.3. The Morgan fingerprint density at radius 2 is 2.24 bits per heavy atom. The monoisotopic (exact) mass is 313 g/mol. The summed E-state index contributed by atoms with van der Waals surface area (Å²) in [5, 5.41) is 8.96. The Hall–Kier alpha value is -0.920. The van der Waals surface area contributed by atoms with Crippen molar-refractivity contribution in [3.05, 3.63) is 34.3 Å². The molecule has 17 heavy (non-hydrogen) atoms. The molecule has 0 aromatic carbocycles. The van der Waals surface area contributed by atoms with Crippen molar-refractivity contribution in [2.24, 2.45) is 12.8 Å². The zero-order valence-corrected chi connectivity index (χ0v) is 11.7. The average Bonchev–Trinajstić information content (AvgIpc) is 2.67. The molecule has 0 bridgehead atoms. The maximum Gasteiger partial charge on any atom is 0.191 e. The fraction of sp³-hybridized carbons (Fsp3) is 0.300. The van der Waals surface area contributed by atoms with Gasteiger partial charge >= 0.3 is 0 Å². The van der Waals surface area contributed by atoms with E-state index in [4.69, 9.17) is 5.73 Å². The lowest BCUT2D eigenvalue weighted by Gasteiger charge is -2.02. The minimum Gasteiger partial charge on any atom is -0.324 e. The summed E-state index contributed by atoms with van der Waals surface area (Å²) in [6.07, 6.45) is 3.61. The van der Waals surface area contributed by atoms with E-state index in [0.717, 1.165) is 26.8 Å². The SMILES string of the molecule is Cn1c(CN)nnc1SCc1cncc(Br)c1. The van der Waals surface area contributed by atoms with Gasteiger partial charge in [0.05, 0.1) is 6.54 Å². The lowest BCUT2D eigenvalue weighted by atomic mass is 10.3. The zero-order valence-electron chi connectivity index (χ0n) is 9.30. The molecule has 90 valence electrons. The molecule has 0 aliphatic heterocycles. The van der Waals surface area contributed by atoms with Gasteiger partial charge in [-0.05, 0) is 27.6 Å². The van der Waals surface area contributed by atoms with Crippen LogP contribution >= 0.6 is 27.7 Å². The topological polar surface area (TPSA) is 69.6 Å². The molecule has 0 unspecified atom stereocenters. The fourth-order valence-electron chi connectivity index (χ4n) is 1.33. The number of hydrogen-bond donors (Lipinski definition) is 1. The molecule has 2 heterocycles. The van der Waals surface area contributed by atoms with Crippen LogP contribution in [0.25, 0.3) is 0 Å². The van der Waals surface area contributed by atoms with E-state index in [0.29, 0.717) is 6.54 Å². The number of nitrogens with two attached hydrogens (primary N) is 1. The Morgan fingerprint density at radius 1 is 1.41 bits per heavy atom. The molecule has 2 N–H and O–H groups in total. The number of nitrogens with zero attached hydrogens (tertiary/aromatic N) is 4. The molecule has 2 aromatic heterocycles. The van der Waals surface area contributed by atoms with Gasteiger partial charge in [0.2, 0.25) is 0 Å². The van der Waals surface area contributed by atoms with Crippen LogP contribution in [-0.2, 0) is 19.3 Å². The molecule has 0 spiro atoms. The molecule has 2 aromatic rings. The summed E-state index contributed by atoms with van der Waals surface area (Å²) in [6, 6.07) is 2.04. The van der Waals surface area contributed by atoms with E-state index in [1.807, 2.05) is 23.9 Å². The summed E-state index contributed by atoms with van der Waals surface area (Å²) in [4.78, 5) is 4.12. The highest BCUT2D eigenvalue weighted by Gasteiger charge is 2.07. The predicted octanol–water partition coefficient (Wildman–Crippen LogP) is 1.72. The van der Waals surface area contributed by atoms with Gasteiger partial charge in [0.15, 0.2) is 5.16 Å². The second kappa shape index (κ2) is 5.61. The molecular weight excluding hydrogens is 302 g/mol. The van der Waals surface area contributed by atoms with Crippen molar-refractivity contribution in [3.63, 3.8) is 0 Å². The largest absolute Gasteiger partial charge is 0.324 e. The maximum absolute atomic E-state index is 5.54. The fourth-order valence-corrected chi connectivity index (χ4v) is 2.59. The van der Waals surface area contributed by atoms with Gasteiger partial charge in [-0.25, -0.2) is 0 Å². The van der Waals surface area contributed by atoms with E-state index >= 15 is 0 Å². The summed E-state index contributed by atoms with van der Waals surface area (Å²) in [5.41, 5.74) is 6.68. The van der Waals surface area contributed by atoms with Crippen molar-refractivity contribution < 1.29 is 0 Å². The third-order valence-electron chi connectivity index (χ3n) is 2.24. The number of aromatic nitrogens is 4.